The number of nitrogens with two attached hydrogens (primary N) is 1. The zero-order valence-electron chi connectivity index (χ0n) is 10.6. The molecule has 0 spiro atoms. The van der Waals surface area contributed by atoms with Crippen LogP contribution < -0.4 is 15.2 Å². The van der Waals surface area contributed by atoms with Crippen LogP contribution in [0.4, 0.5) is 13.2 Å². The van der Waals surface area contributed by atoms with Crippen molar-refractivity contribution in [3.63, 3.8) is 0 Å². The first-order valence-corrected chi connectivity index (χ1v) is 5.52. The molecule has 0 aliphatic carbocycles. The Hall–Kier alpha value is -1.47. The lowest BCUT2D eigenvalue weighted by Gasteiger charge is -2.21. The lowest BCUT2D eigenvalue weighted by atomic mass is 10.0. The van der Waals surface area contributed by atoms with Gasteiger partial charge in [0.1, 0.15) is 17.5 Å². The molecule has 0 fully saturated rings. The molecule has 0 aliphatic heterocycles. The van der Waals surface area contributed by atoms with E-state index >= 15 is 0 Å². The predicted octanol–water partition coefficient (Wildman–Crippen LogP) is 2.02. The third-order valence-electron chi connectivity index (χ3n) is 2.69. The monoisotopic (exact) mass is 279 g/mol. The van der Waals surface area contributed by atoms with Crippen molar-refractivity contribution < 1.29 is 27.8 Å². The van der Waals surface area contributed by atoms with Crippen molar-refractivity contribution in [3.8, 4) is 11.5 Å². The molecule has 108 valence electrons. The minimum atomic E-state index is -4.55. The van der Waals surface area contributed by atoms with Gasteiger partial charge in [-0.3, -0.25) is 0 Å². The minimum Gasteiger partial charge on any atom is -0.497 e. The standard InChI is InChI=1S/C12H16F3NO3/c1-18-7-3-4-10(19-2)8(5-7)9(17)6-11(16)12(13,14)15/h3-5,9,11,17H,6,16H2,1-2H3/t9-,11-/m1/s1. The van der Waals surface area contributed by atoms with Gasteiger partial charge in [0.25, 0.3) is 0 Å². The predicted molar refractivity (Wildman–Crippen MR) is 63.2 cm³/mol. The molecule has 0 saturated heterocycles. The van der Waals surface area contributed by atoms with Gasteiger partial charge >= 0.3 is 6.18 Å². The van der Waals surface area contributed by atoms with Crippen LogP contribution in [0, 0.1) is 0 Å². The van der Waals surface area contributed by atoms with E-state index in [1.54, 1.807) is 6.07 Å². The highest BCUT2D eigenvalue weighted by molar-refractivity contribution is 5.41. The SMILES string of the molecule is COc1ccc(OC)c([C@H](O)C[C@@H](N)C(F)(F)F)c1. The average Bonchev–Trinajstić information content (AvgIpc) is 2.36. The van der Waals surface area contributed by atoms with Gasteiger partial charge < -0.3 is 20.3 Å². The number of benzene rings is 1. The lowest BCUT2D eigenvalue weighted by molar-refractivity contribution is -0.153. The van der Waals surface area contributed by atoms with Gasteiger partial charge in [-0.2, -0.15) is 13.2 Å². The average molecular weight is 279 g/mol. The molecule has 1 rings (SSSR count). The number of rotatable bonds is 5. The Morgan fingerprint density at radius 3 is 2.37 bits per heavy atom. The molecule has 0 heterocycles. The molecule has 3 N–H and O–H groups in total. The summed E-state index contributed by atoms with van der Waals surface area (Å²) in [5, 5.41) is 9.87. The molecule has 0 aromatic heterocycles. The van der Waals surface area contributed by atoms with Gasteiger partial charge in [-0.25, -0.2) is 0 Å². The number of hydrogen-bond acceptors (Lipinski definition) is 4. The van der Waals surface area contributed by atoms with Crippen LogP contribution in [-0.2, 0) is 0 Å². The van der Waals surface area contributed by atoms with Gasteiger partial charge in [-0.1, -0.05) is 0 Å². The number of alkyl halides is 3. The van der Waals surface area contributed by atoms with E-state index in [2.05, 4.69) is 0 Å². The topological polar surface area (TPSA) is 64.7 Å². The molecule has 2 atom stereocenters. The molecule has 1 aromatic carbocycles. The Morgan fingerprint density at radius 1 is 1.26 bits per heavy atom. The second-order valence-corrected chi connectivity index (χ2v) is 4.01. The normalized spacial score (nSPS) is 14.9. The molecule has 0 amide bonds. The summed E-state index contributed by atoms with van der Waals surface area (Å²) >= 11 is 0. The maximum Gasteiger partial charge on any atom is 0.403 e. The third kappa shape index (κ3) is 4.00. The van der Waals surface area contributed by atoms with Gasteiger partial charge in [0.15, 0.2) is 0 Å². The van der Waals surface area contributed by atoms with Crippen LogP contribution in [0.25, 0.3) is 0 Å². The highest BCUT2D eigenvalue weighted by atomic mass is 19.4. The molecule has 7 heteroatoms. The summed E-state index contributed by atoms with van der Waals surface area (Å²) in [6.07, 6.45) is -6.58. The molecular formula is C12H16F3NO3. The van der Waals surface area contributed by atoms with Crippen LogP contribution >= 0.6 is 0 Å². The van der Waals surface area contributed by atoms with E-state index in [1.807, 2.05) is 0 Å². The smallest absolute Gasteiger partial charge is 0.403 e. The molecule has 0 unspecified atom stereocenters. The summed E-state index contributed by atoms with van der Waals surface area (Å²) in [4.78, 5) is 0. The van der Waals surface area contributed by atoms with Crippen molar-refractivity contribution in [2.45, 2.75) is 24.7 Å². The van der Waals surface area contributed by atoms with Crippen LogP contribution in [0.3, 0.4) is 0 Å². The first kappa shape index (κ1) is 15.6. The summed E-state index contributed by atoms with van der Waals surface area (Å²) in [7, 11) is 2.78. The second-order valence-electron chi connectivity index (χ2n) is 4.01. The van der Waals surface area contributed by atoms with E-state index in [1.165, 1.54) is 26.4 Å². The number of methoxy groups -OCH3 is 2. The number of halogens is 3. The fourth-order valence-electron chi connectivity index (χ4n) is 1.60. The van der Waals surface area contributed by atoms with E-state index in [4.69, 9.17) is 15.2 Å². The first-order chi connectivity index (χ1) is 8.79. The van der Waals surface area contributed by atoms with Crippen LogP contribution in [0.1, 0.15) is 18.1 Å². The van der Waals surface area contributed by atoms with E-state index in [-0.39, 0.29) is 11.3 Å². The molecule has 0 radical (unpaired) electrons. The fourth-order valence-corrected chi connectivity index (χ4v) is 1.60. The van der Waals surface area contributed by atoms with Crippen LogP contribution in [0.5, 0.6) is 11.5 Å². The summed E-state index contributed by atoms with van der Waals surface area (Å²) < 4.78 is 47.0. The molecule has 0 bridgehead atoms. The van der Waals surface area contributed by atoms with Crippen molar-refractivity contribution in [1.29, 1.82) is 0 Å². The van der Waals surface area contributed by atoms with Crippen molar-refractivity contribution >= 4 is 0 Å². The van der Waals surface area contributed by atoms with Crippen molar-refractivity contribution in [2.24, 2.45) is 5.73 Å². The summed E-state index contributed by atoms with van der Waals surface area (Å²) in [6.45, 7) is 0. The summed E-state index contributed by atoms with van der Waals surface area (Å²) in [5.74, 6) is 0.693. The molecular weight excluding hydrogens is 263 g/mol. The van der Waals surface area contributed by atoms with Gasteiger partial charge in [0.2, 0.25) is 0 Å². The molecule has 0 aliphatic rings. The highest BCUT2D eigenvalue weighted by Crippen LogP contribution is 2.33. The first-order valence-electron chi connectivity index (χ1n) is 5.52. The van der Waals surface area contributed by atoms with Gasteiger partial charge in [0.05, 0.1) is 20.3 Å². The lowest BCUT2D eigenvalue weighted by Crippen LogP contribution is -2.38. The highest BCUT2D eigenvalue weighted by Gasteiger charge is 2.38. The van der Waals surface area contributed by atoms with E-state index in [0.29, 0.717) is 5.75 Å². The number of ether oxygens (including phenoxy) is 2. The van der Waals surface area contributed by atoms with Gasteiger partial charge in [0, 0.05) is 12.0 Å². The quantitative estimate of drug-likeness (QED) is 0.865. The maximum absolute atomic E-state index is 12.4. The molecule has 0 saturated carbocycles. The zero-order valence-corrected chi connectivity index (χ0v) is 10.6. The number of aliphatic hydroxyl groups excluding tert-OH is 1. The molecule has 1 aromatic rings. The Labute approximate surface area is 108 Å². The van der Waals surface area contributed by atoms with Crippen molar-refractivity contribution in [1.82, 2.24) is 0 Å². The Morgan fingerprint density at radius 2 is 1.89 bits per heavy atom. The van der Waals surface area contributed by atoms with E-state index in [0.717, 1.165) is 0 Å². The van der Waals surface area contributed by atoms with Gasteiger partial charge in [-0.05, 0) is 18.2 Å². The number of aliphatic hydroxyl groups is 1. The van der Waals surface area contributed by atoms with Crippen molar-refractivity contribution in [2.75, 3.05) is 14.2 Å². The van der Waals surface area contributed by atoms with E-state index in [9.17, 15) is 18.3 Å². The van der Waals surface area contributed by atoms with Crippen LogP contribution in [0.15, 0.2) is 18.2 Å². The molecule has 4 nitrogen and oxygen atoms in total. The third-order valence-corrected chi connectivity index (χ3v) is 2.69. The zero-order chi connectivity index (χ0) is 14.6. The Kier molecular flexibility index (Phi) is 5.02. The maximum atomic E-state index is 12.4. The summed E-state index contributed by atoms with van der Waals surface area (Å²) in [6, 6.07) is 2.42. The van der Waals surface area contributed by atoms with Crippen LogP contribution in [0.2, 0.25) is 0 Å². The Bertz CT molecular complexity index is 423. The number of hydrogen-bond donors (Lipinski definition) is 2. The summed E-state index contributed by atoms with van der Waals surface area (Å²) in [5.41, 5.74) is 5.20. The largest absolute Gasteiger partial charge is 0.497 e. The van der Waals surface area contributed by atoms with E-state index < -0.39 is 24.7 Å². The van der Waals surface area contributed by atoms with Crippen LogP contribution in [-0.4, -0.2) is 31.5 Å². The van der Waals surface area contributed by atoms with Crippen molar-refractivity contribution in [3.05, 3.63) is 23.8 Å². The molecule has 19 heavy (non-hydrogen) atoms. The Balaban J connectivity index is 2.94. The second kappa shape index (κ2) is 6.12. The van der Waals surface area contributed by atoms with Gasteiger partial charge in [-0.15, -0.1) is 0 Å². The minimum absolute atomic E-state index is 0.210. The fraction of sp³-hybridized carbons (Fsp3) is 0.500.